The number of nitrogens with one attached hydrogen (secondary N) is 3. The third-order valence-electron chi connectivity index (χ3n) is 7.27. The first kappa shape index (κ1) is 29.9. The van der Waals surface area contributed by atoms with Crippen LogP contribution in [0.4, 0.5) is 10.6 Å². The van der Waals surface area contributed by atoms with Gasteiger partial charge < -0.3 is 20.5 Å². The molecule has 1 aliphatic carbocycles. The lowest BCUT2D eigenvalue weighted by Gasteiger charge is -2.32. The van der Waals surface area contributed by atoms with Gasteiger partial charge in [0.25, 0.3) is 5.91 Å². The number of pyridine rings is 1. The van der Waals surface area contributed by atoms with Crippen LogP contribution in [0.15, 0.2) is 48.7 Å². The summed E-state index contributed by atoms with van der Waals surface area (Å²) in [5.74, 6) is 1.41. The van der Waals surface area contributed by atoms with Crippen LogP contribution >= 0.6 is 0 Å². The molecule has 3 amide bonds. The molecule has 43 heavy (non-hydrogen) atoms. The molecule has 2 atom stereocenters. The molecule has 0 unspecified atom stereocenters. The Bertz CT molecular complexity index is 1630. The minimum absolute atomic E-state index is 0.0747. The average molecular weight is 587 g/mol. The van der Waals surface area contributed by atoms with Gasteiger partial charge in [0.2, 0.25) is 5.82 Å². The van der Waals surface area contributed by atoms with E-state index in [1.54, 1.807) is 6.07 Å². The zero-order valence-electron chi connectivity index (χ0n) is 25.1. The third kappa shape index (κ3) is 6.75. The summed E-state index contributed by atoms with van der Waals surface area (Å²) in [5.41, 5.74) is 2.96. The quantitative estimate of drug-likeness (QED) is 0.236. The molecule has 1 aliphatic rings. The molecule has 12 nitrogen and oxygen atoms in total. The molecule has 0 fully saturated rings. The third-order valence-corrected chi connectivity index (χ3v) is 7.27. The second kappa shape index (κ2) is 12.3. The molecule has 226 valence electrons. The Hall–Kier alpha value is -4.58. The molecule has 4 N–H and O–H groups in total. The second-order valence-electron chi connectivity index (χ2n) is 12.0. The van der Waals surface area contributed by atoms with Crippen molar-refractivity contribution in [2.24, 2.45) is 0 Å². The van der Waals surface area contributed by atoms with E-state index in [-0.39, 0.29) is 42.9 Å². The monoisotopic (exact) mass is 586 g/mol. The molecule has 3 aromatic heterocycles. The maximum Gasteiger partial charge on any atom is 0.320 e. The molecule has 5 rings (SSSR count). The number of rotatable bonds is 8. The SMILES string of the molecule is CC(C)c1nnc2ccc(O[C@@H]3CC[C@H](NC(=O)Nc4cc(C(C)(C)C)nc(C(=O)NCCO)n4)c4ccccc43)cn12. The predicted molar refractivity (Wildman–Crippen MR) is 161 cm³/mol. The highest BCUT2D eigenvalue weighted by Gasteiger charge is 2.30. The number of anilines is 1. The number of hydrogen-bond acceptors (Lipinski definition) is 8. The van der Waals surface area contributed by atoms with Crippen molar-refractivity contribution in [2.75, 3.05) is 18.5 Å². The summed E-state index contributed by atoms with van der Waals surface area (Å²) in [6.07, 6.45) is 3.09. The molecule has 3 heterocycles. The van der Waals surface area contributed by atoms with Crippen LogP contribution < -0.4 is 20.7 Å². The van der Waals surface area contributed by atoms with Crippen molar-refractivity contribution in [2.45, 2.75) is 70.9 Å². The fraction of sp³-hybridized carbons (Fsp3) is 0.419. The van der Waals surface area contributed by atoms with Gasteiger partial charge >= 0.3 is 6.03 Å². The van der Waals surface area contributed by atoms with Crippen LogP contribution in [-0.4, -0.2) is 54.8 Å². The topological polar surface area (TPSA) is 156 Å². The van der Waals surface area contributed by atoms with E-state index in [1.807, 2.05) is 67.8 Å². The first-order valence-corrected chi connectivity index (χ1v) is 14.5. The predicted octanol–water partition coefficient (Wildman–Crippen LogP) is 4.44. The average Bonchev–Trinajstić information content (AvgIpc) is 3.40. The van der Waals surface area contributed by atoms with Crippen LogP contribution in [-0.2, 0) is 5.41 Å². The Kier molecular flexibility index (Phi) is 8.58. The number of hydrogen-bond donors (Lipinski definition) is 4. The zero-order valence-corrected chi connectivity index (χ0v) is 25.1. The Morgan fingerprint density at radius 3 is 2.56 bits per heavy atom. The zero-order chi connectivity index (χ0) is 30.7. The van der Waals surface area contributed by atoms with Crippen molar-refractivity contribution in [3.63, 3.8) is 0 Å². The molecule has 0 aliphatic heterocycles. The van der Waals surface area contributed by atoms with Gasteiger partial charge in [0.15, 0.2) is 5.65 Å². The van der Waals surface area contributed by atoms with E-state index in [2.05, 4.69) is 50.0 Å². The number of benzene rings is 1. The first-order valence-electron chi connectivity index (χ1n) is 14.5. The summed E-state index contributed by atoms with van der Waals surface area (Å²) in [6.45, 7) is 9.90. The van der Waals surface area contributed by atoms with Gasteiger partial charge in [0.05, 0.1) is 24.5 Å². The fourth-order valence-electron chi connectivity index (χ4n) is 5.10. The van der Waals surface area contributed by atoms with Crippen molar-refractivity contribution < 1.29 is 19.4 Å². The highest BCUT2D eigenvalue weighted by Crippen LogP contribution is 2.39. The van der Waals surface area contributed by atoms with E-state index >= 15 is 0 Å². The van der Waals surface area contributed by atoms with E-state index in [9.17, 15) is 9.59 Å². The summed E-state index contributed by atoms with van der Waals surface area (Å²) < 4.78 is 8.44. The lowest BCUT2D eigenvalue weighted by atomic mass is 9.85. The minimum Gasteiger partial charge on any atom is -0.484 e. The smallest absolute Gasteiger partial charge is 0.320 e. The standard InChI is InChI=1S/C31H38N8O4/c1-18(2)28-38-37-26-13-10-19(17-39(26)28)43-23-12-11-22(20-8-6-7-9-21(20)23)33-30(42)36-25-16-24(31(3,4)5)34-27(35-25)29(41)32-14-15-40/h6-10,13,16-18,22-23,40H,11-12,14-15H2,1-5H3,(H,32,41)(H2,33,34,35,36,42)/t22-,23+/m0/s1. The van der Waals surface area contributed by atoms with Gasteiger partial charge in [-0.1, -0.05) is 58.9 Å². The maximum atomic E-state index is 13.2. The van der Waals surface area contributed by atoms with Crippen LogP contribution in [0.5, 0.6) is 5.75 Å². The number of fused-ring (bicyclic) bond motifs is 2. The number of urea groups is 1. The van der Waals surface area contributed by atoms with Crippen LogP contribution in [0, 0.1) is 0 Å². The Morgan fingerprint density at radius 2 is 1.84 bits per heavy atom. The summed E-state index contributed by atoms with van der Waals surface area (Å²) >= 11 is 0. The first-order chi connectivity index (χ1) is 20.5. The molecule has 0 saturated carbocycles. The molecule has 0 saturated heterocycles. The van der Waals surface area contributed by atoms with E-state index in [0.29, 0.717) is 18.5 Å². The molecule has 0 radical (unpaired) electrons. The Balaban J connectivity index is 1.32. The van der Waals surface area contributed by atoms with Crippen LogP contribution in [0.25, 0.3) is 5.65 Å². The summed E-state index contributed by atoms with van der Waals surface area (Å²) in [6, 6.07) is 12.7. The van der Waals surface area contributed by atoms with E-state index in [4.69, 9.17) is 9.84 Å². The fourth-order valence-corrected chi connectivity index (χ4v) is 5.10. The summed E-state index contributed by atoms with van der Waals surface area (Å²) in [5, 5.41) is 26.0. The highest BCUT2D eigenvalue weighted by molar-refractivity contribution is 5.92. The van der Waals surface area contributed by atoms with Gasteiger partial charge in [-0.05, 0) is 36.1 Å². The van der Waals surface area contributed by atoms with Crippen molar-refractivity contribution in [3.05, 3.63) is 77.1 Å². The summed E-state index contributed by atoms with van der Waals surface area (Å²) in [4.78, 5) is 34.4. The molecule has 4 aromatic rings. The van der Waals surface area contributed by atoms with Gasteiger partial charge in [0, 0.05) is 23.9 Å². The van der Waals surface area contributed by atoms with Crippen molar-refractivity contribution in [1.82, 2.24) is 35.2 Å². The number of aliphatic hydroxyl groups is 1. The second-order valence-corrected chi connectivity index (χ2v) is 12.0. The number of nitrogens with zero attached hydrogens (tertiary/aromatic N) is 5. The lowest BCUT2D eigenvalue weighted by molar-refractivity contribution is 0.0934. The number of ether oxygens (including phenoxy) is 1. The molecule has 0 spiro atoms. The van der Waals surface area contributed by atoms with Gasteiger partial charge in [-0.3, -0.25) is 14.5 Å². The Labute approximate surface area is 250 Å². The number of carbonyl (C=O) groups excluding carboxylic acids is 2. The van der Waals surface area contributed by atoms with E-state index < -0.39 is 17.4 Å². The number of carbonyl (C=O) groups is 2. The maximum absolute atomic E-state index is 13.2. The molecular weight excluding hydrogens is 548 g/mol. The minimum atomic E-state index is -0.528. The number of aliphatic hydroxyl groups excluding tert-OH is 1. The number of amides is 3. The van der Waals surface area contributed by atoms with E-state index in [1.165, 1.54) is 0 Å². The normalized spacial score (nSPS) is 16.5. The van der Waals surface area contributed by atoms with Crippen molar-refractivity contribution in [3.8, 4) is 5.75 Å². The Morgan fingerprint density at radius 1 is 1.07 bits per heavy atom. The number of aromatic nitrogens is 5. The van der Waals surface area contributed by atoms with Gasteiger partial charge in [-0.15, -0.1) is 10.2 Å². The lowest BCUT2D eigenvalue weighted by Crippen LogP contribution is -2.36. The largest absolute Gasteiger partial charge is 0.484 e. The van der Waals surface area contributed by atoms with Gasteiger partial charge in [0.1, 0.15) is 23.5 Å². The van der Waals surface area contributed by atoms with Crippen LogP contribution in [0.3, 0.4) is 0 Å². The van der Waals surface area contributed by atoms with Crippen molar-refractivity contribution in [1.29, 1.82) is 0 Å². The highest BCUT2D eigenvalue weighted by atomic mass is 16.5. The van der Waals surface area contributed by atoms with Gasteiger partial charge in [-0.2, -0.15) is 0 Å². The van der Waals surface area contributed by atoms with Crippen molar-refractivity contribution >= 4 is 23.4 Å². The molecule has 12 heteroatoms. The molecule has 0 bridgehead atoms. The van der Waals surface area contributed by atoms with Crippen LogP contribution in [0.2, 0.25) is 0 Å². The summed E-state index contributed by atoms with van der Waals surface area (Å²) in [7, 11) is 0. The van der Waals surface area contributed by atoms with E-state index in [0.717, 1.165) is 28.3 Å². The molecule has 1 aromatic carbocycles. The van der Waals surface area contributed by atoms with Crippen LogP contribution in [0.1, 0.15) is 98.8 Å². The van der Waals surface area contributed by atoms with Gasteiger partial charge in [-0.25, -0.2) is 14.8 Å². The molecular formula is C31H38N8O4.